The van der Waals surface area contributed by atoms with Crippen LogP contribution in [0.2, 0.25) is 5.02 Å². The molecule has 0 aromatic heterocycles. The van der Waals surface area contributed by atoms with Gasteiger partial charge in [0.1, 0.15) is 11.5 Å². The van der Waals surface area contributed by atoms with Gasteiger partial charge in [-0.1, -0.05) is 50.6 Å². The quantitative estimate of drug-likeness (QED) is 0.775. The Kier molecular flexibility index (Phi) is 5.66. The number of rotatable bonds is 6. The molecule has 0 radical (unpaired) electrons. The molecule has 21 heavy (non-hydrogen) atoms. The minimum Gasteiger partial charge on any atom is -0.457 e. The fourth-order valence-electron chi connectivity index (χ4n) is 2.05. The van der Waals surface area contributed by atoms with Crippen LogP contribution in [-0.2, 0) is 6.54 Å². The van der Waals surface area contributed by atoms with Crippen molar-refractivity contribution in [1.82, 2.24) is 5.32 Å². The first-order chi connectivity index (χ1) is 10.1. The molecule has 0 aliphatic rings. The van der Waals surface area contributed by atoms with Gasteiger partial charge in [-0.15, -0.1) is 0 Å². The predicted octanol–water partition coefficient (Wildman–Crippen LogP) is 5.37. The van der Waals surface area contributed by atoms with Gasteiger partial charge in [-0.05, 0) is 47.9 Å². The summed E-state index contributed by atoms with van der Waals surface area (Å²) in [5.74, 6) is 2.12. The molecular formula is C18H22ClNO. The lowest BCUT2D eigenvalue weighted by atomic mass is 10.0. The fourth-order valence-corrected chi connectivity index (χ4v) is 2.29. The highest BCUT2D eigenvalue weighted by Gasteiger charge is 2.04. The molecule has 0 aliphatic carbocycles. The molecule has 0 unspecified atom stereocenters. The second kappa shape index (κ2) is 7.48. The van der Waals surface area contributed by atoms with Crippen LogP contribution in [-0.4, -0.2) is 6.54 Å². The van der Waals surface area contributed by atoms with Gasteiger partial charge in [0.25, 0.3) is 0 Å². The van der Waals surface area contributed by atoms with Gasteiger partial charge >= 0.3 is 0 Å². The molecule has 0 heterocycles. The van der Waals surface area contributed by atoms with Crippen LogP contribution in [0.15, 0.2) is 42.5 Å². The van der Waals surface area contributed by atoms with Gasteiger partial charge in [-0.25, -0.2) is 0 Å². The van der Waals surface area contributed by atoms with Crippen LogP contribution in [0.1, 0.15) is 37.8 Å². The average molecular weight is 304 g/mol. The molecule has 0 spiro atoms. The summed E-state index contributed by atoms with van der Waals surface area (Å²) in [6, 6.07) is 14.0. The normalized spacial score (nSPS) is 10.9. The molecule has 112 valence electrons. The Morgan fingerprint density at radius 3 is 2.29 bits per heavy atom. The van der Waals surface area contributed by atoms with Crippen LogP contribution in [0.5, 0.6) is 11.5 Å². The first-order valence-corrected chi connectivity index (χ1v) is 7.75. The highest BCUT2D eigenvalue weighted by molar-refractivity contribution is 6.31. The average Bonchev–Trinajstić information content (AvgIpc) is 2.47. The molecule has 2 rings (SSSR count). The van der Waals surface area contributed by atoms with E-state index in [0.717, 1.165) is 35.2 Å². The monoisotopic (exact) mass is 303 g/mol. The first kappa shape index (κ1) is 15.9. The molecule has 3 heteroatoms. The van der Waals surface area contributed by atoms with Crippen molar-refractivity contribution in [2.45, 2.75) is 33.2 Å². The maximum absolute atomic E-state index is 6.28. The second-order valence-corrected chi connectivity index (χ2v) is 5.77. The molecule has 2 nitrogen and oxygen atoms in total. The maximum Gasteiger partial charge on any atom is 0.128 e. The molecule has 2 aromatic carbocycles. The predicted molar refractivity (Wildman–Crippen MR) is 89.4 cm³/mol. The number of hydrogen-bond donors (Lipinski definition) is 1. The van der Waals surface area contributed by atoms with Gasteiger partial charge in [-0.2, -0.15) is 0 Å². The fraction of sp³-hybridized carbons (Fsp3) is 0.333. The van der Waals surface area contributed by atoms with E-state index in [9.17, 15) is 0 Å². The molecule has 0 fully saturated rings. The highest BCUT2D eigenvalue weighted by Crippen LogP contribution is 2.28. The van der Waals surface area contributed by atoms with Crippen molar-refractivity contribution in [3.05, 3.63) is 58.6 Å². The van der Waals surface area contributed by atoms with Crippen molar-refractivity contribution in [3.63, 3.8) is 0 Å². The van der Waals surface area contributed by atoms with E-state index in [4.69, 9.17) is 16.3 Å². The van der Waals surface area contributed by atoms with Crippen molar-refractivity contribution in [2.75, 3.05) is 6.54 Å². The molecule has 0 bridgehead atoms. The molecule has 0 atom stereocenters. The number of ether oxygens (including phenoxy) is 1. The van der Waals surface area contributed by atoms with Crippen molar-refractivity contribution < 1.29 is 4.74 Å². The summed E-state index contributed by atoms with van der Waals surface area (Å²) in [5, 5.41) is 3.99. The Morgan fingerprint density at radius 2 is 1.71 bits per heavy atom. The smallest absolute Gasteiger partial charge is 0.128 e. The van der Waals surface area contributed by atoms with Gasteiger partial charge in [0.2, 0.25) is 0 Å². The summed E-state index contributed by atoms with van der Waals surface area (Å²) < 4.78 is 5.85. The van der Waals surface area contributed by atoms with E-state index >= 15 is 0 Å². The van der Waals surface area contributed by atoms with E-state index in [0.29, 0.717) is 5.92 Å². The summed E-state index contributed by atoms with van der Waals surface area (Å²) in [4.78, 5) is 0. The van der Waals surface area contributed by atoms with Crippen molar-refractivity contribution >= 4 is 11.6 Å². The number of nitrogens with one attached hydrogen (secondary N) is 1. The van der Waals surface area contributed by atoms with Gasteiger partial charge in [-0.3, -0.25) is 0 Å². The van der Waals surface area contributed by atoms with E-state index < -0.39 is 0 Å². The SMILES string of the molecule is CCNCc1ccc(Oc2ccc(C(C)C)cc2)cc1Cl. The first-order valence-electron chi connectivity index (χ1n) is 7.37. The van der Waals surface area contributed by atoms with Gasteiger partial charge < -0.3 is 10.1 Å². The lowest BCUT2D eigenvalue weighted by molar-refractivity contribution is 0.482. The van der Waals surface area contributed by atoms with Crippen molar-refractivity contribution in [3.8, 4) is 11.5 Å². The van der Waals surface area contributed by atoms with Crippen molar-refractivity contribution in [1.29, 1.82) is 0 Å². The van der Waals surface area contributed by atoms with Crippen LogP contribution in [0, 0.1) is 0 Å². The van der Waals surface area contributed by atoms with Crippen LogP contribution >= 0.6 is 11.6 Å². The van der Waals surface area contributed by atoms with Gasteiger partial charge in [0, 0.05) is 11.6 Å². The van der Waals surface area contributed by atoms with Crippen LogP contribution in [0.4, 0.5) is 0 Å². The molecule has 2 aromatic rings. The summed E-state index contributed by atoms with van der Waals surface area (Å²) in [7, 11) is 0. The zero-order chi connectivity index (χ0) is 15.2. The Bertz CT molecular complexity index is 578. The third kappa shape index (κ3) is 4.48. The minimum atomic E-state index is 0.527. The van der Waals surface area contributed by atoms with E-state index in [1.807, 2.05) is 30.3 Å². The van der Waals surface area contributed by atoms with E-state index in [1.165, 1.54) is 5.56 Å². The van der Waals surface area contributed by atoms with E-state index in [2.05, 4.69) is 38.2 Å². The molecule has 0 amide bonds. The topological polar surface area (TPSA) is 21.3 Å². The van der Waals surface area contributed by atoms with Gasteiger partial charge in [0.05, 0.1) is 0 Å². The zero-order valence-electron chi connectivity index (χ0n) is 12.8. The number of hydrogen-bond acceptors (Lipinski definition) is 2. The van der Waals surface area contributed by atoms with Gasteiger partial charge in [0.15, 0.2) is 0 Å². The molecule has 0 saturated carbocycles. The second-order valence-electron chi connectivity index (χ2n) is 5.36. The summed E-state index contributed by atoms with van der Waals surface area (Å²) in [6.07, 6.45) is 0. The van der Waals surface area contributed by atoms with E-state index in [-0.39, 0.29) is 0 Å². The summed E-state index contributed by atoms with van der Waals surface area (Å²) in [6.45, 7) is 8.14. The minimum absolute atomic E-state index is 0.527. The molecule has 1 N–H and O–H groups in total. The molecule has 0 aliphatic heterocycles. The summed E-state index contributed by atoms with van der Waals surface area (Å²) >= 11 is 6.28. The maximum atomic E-state index is 6.28. The van der Waals surface area contributed by atoms with Crippen LogP contribution in [0.3, 0.4) is 0 Å². The number of benzene rings is 2. The third-order valence-corrected chi connectivity index (χ3v) is 3.72. The standard InChI is InChI=1S/C18H22ClNO/c1-4-20-12-15-7-10-17(11-18(15)19)21-16-8-5-14(6-9-16)13(2)3/h5-11,13,20H,4,12H2,1-3H3. The largest absolute Gasteiger partial charge is 0.457 e. The highest BCUT2D eigenvalue weighted by atomic mass is 35.5. The zero-order valence-corrected chi connectivity index (χ0v) is 13.6. The molecule has 0 saturated heterocycles. The van der Waals surface area contributed by atoms with E-state index in [1.54, 1.807) is 0 Å². The van der Waals surface area contributed by atoms with Crippen LogP contribution < -0.4 is 10.1 Å². The Labute approximate surface area is 132 Å². The third-order valence-electron chi connectivity index (χ3n) is 3.37. The Hall–Kier alpha value is -1.51. The Morgan fingerprint density at radius 1 is 1.05 bits per heavy atom. The summed E-state index contributed by atoms with van der Waals surface area (Å²) in [5.41, 5.74) is 2.39. The molecular weight excluding hydrogens is 282 g/mol. The Balaban J connectivity index is 2.07. The van der Waals surface area contributed by atoms with Crippen molar-refractivity contribution in [2.24, 2.45) is 0 Å². The lowest BCUT2D eigenvalue weighted by Crippen LogP contribution is -2.11. The lowest BCUT2D eigenvalue weighted by Gasteiger charge is -2.10. The number of halogens is 1. The van der Waals surface area contributed by atoms with Crippen LogP contribution in [0.25, 0.3) is 0 Å².